The average molecular weight is 705 g/mol. The second kappa shape index (κ2) is 13.7. The highest BCUT2D eigenvalue weighted by molar-refractivity contribution is 7.84. The number of rotatable bonds is 12. The lowest BCUT2D eigenvalue weighted by atomic mass is 9.52. The third kappa shape index (κ3) is 7.04. The second-order valence-electron chi connectivity index (χ2n) is 15.5. The number of likely N-dealkylation sites (tertiary alicyclic amines) is 2. The van der Waals surface area contributed by atoms with Gasteiger partial charge in [0.25, 0.3) is 0 Å². The Morgan fingerprint density at radius 1 is 1.06 bits per heavy atom. The van der Waals surface area contributed by atoms with Crippen LogP contribution in [0.2, 0.25) is 0 Å². The van der Waals surface area contributed by atoms with Gasteiger partial charge >= 0.3 is 18.2 Å². The number of fused-ring (bicyclic) bond motifs is 5. The molecule has 13 heteroatoms. The molecule has 6 rings (SSSR count). The maximum Gasteiger partial charge on any atom is 0.453 e. The summed E-state index contributed by atoms with van der Waals surface area (Å²) in [6, 6.07) is 6.02. The van der Waals surface area contributed by atoms with Gasteiger partial charge in [-0.05, 0) is 111 Å². The molecule has 7 atom stereocenters. The molecule has 270 valence electrons. The summed E-state index contributed by atoms with van der Waals surface area (Å²) in [5.74, 6) is -2.87. The van der Waals surface area contributed by atoms with Crippen LogP contribution in [0, 0.1) is 28.6 Å². The quantitative estimate of drug-likeness (QED) is 0.254. The predicted octanol–water partition coefficient (Wildman–Crippen LogP) is 6.40. The molecule has 2 heterocycles. The fourth-order valence-corrected chi connectivity index (χ4v) is 11.3. The minimum Gasteiger partial charge on any atom is -0.410 e. The van der Waals surface area contributed by atoms with Crippen molar-refractivity contribution in [3.05, 3.63) is 29.3 Å². The van der Waals surface area contributed by atoms with Crippen molar-refractivity contribution in [2.45, 2.75) is 88.8 Å². The molecule has 0 bridgehead atoms. The number of ether oxygens (including phenoxy) is 2. The lowest BCUT2D eigenvalue weighted by Crippen LogP contribution is -2.72. The molecule has 48 heavy (non-hydrogen) atoms. The minimum absolute atomic E-state index is 0.0207. The summed E-state index contributed by atoms with van der Waals surface area (Å²) >= 11 is 0. The number of halogens is 5. The van der Waals surface area contributed by atoms with Crippen molar-refractivity contribution in [3.63, 3.8) is 0 Å². The van der Waals surface area contributed by atoms with E-state index in [1.165, 1.54) is 5.56 Å². The zero-order valence-electron chi connectivity index (χ0n) is 27.9. The van der Waals surface area contributed by atoms with E-state index in [-0.39, 0.29) is 47.1 Å². The van der Waals surface area contributed by atoms with Gasteiger partial charge in [0.2, 0.25) is 0 Å². The highest BCUT2D eigenvalue weighted by Gasteiger charge is 2.58. The van der Waals surface area contributed by atoms with E-state index < -0.39 is 35.7 Å². The third-order valence-electron chi connectivity index (χ3n) is 12.1. The first-order valence-corrected chi connectivity index (χ1v) is 18.9. The number of aliphatic hydroxyl groups is 1. The molecule has 0 radical (unpaired) electrons. The first-order valence-electron chi connectivity index (χ1n) is 17.4. The van der Waals surface area contributed by atoms with Crippen LogP contribution in [0.25, 0.3) is 0 Å². The Morgan fingerprint density at radius 3 is 2.48 bits per heavy atom. The van der Waals surface area contributed by atoms with Gasteiger partial charge in [-0.1, -0.05) is 13.0 Å². The van der Waals surface area contributed by atoms with Gasteiger partial charge in [-0.15, -0.1) is 0 Å². The smallest absolute Gasteiger partial charge is 0.410 e. The first kappa shape index (κ1) is 36.0. The summed E-state index contributed by atoms with van der Waals surface area (Å²) in [5.41, 5.74) is 2.62. The molecule has 5 aliphatic rings. The topological polar surface area (TPSA) is 79.3 Å². The zero-order chi connectivity index (χ0) is 34.5. The first-order chi connectivity index (χ1) is 22.6. The molecule has 2 saturated carbocycles. The van der Waals surface area contributed by atoms with Crippen LogP contribution in [0.5, 0.6) is 5.75 Å². The van der Waals surface area contributed by atoms with Crippen molar-refractivity contribution >= 4 is 16.9 Å². The molecule has 1 amide bonds. The molecule has 1 spiro atoms. The Hall–Kier alpha value is -1.83. The predicted molar refractivity (Wildman–Crippen MR) is 172 cm³/mol. The summed E-state index contributed by atoms with van der Waals surface area (Å²) in [6.45, 7) is 6.01. The van der Waals surface area contributed by atoms with Crippen LogP contribution in [0.1, 0.15) is 75.3 Å². The standard InChI is InChI=1S/C35H49F5N2O5S/c1-32-12-10-27-26-7-6-25(47-31(44)42-21-33(22-42)19-41(2)20-33)18-24(26)17-23(30(27)28(32)8-9-29(32)46-14-13-43)5-3-15-48(45)16-4-11-34(36,37)35(38,39)40/h6-7,18,23,27-30,43H,3-5,8-17,19-22H2,1-2H3/t23-,27-,28+,29+,30-,32+,48?/m1/s1. The zero-order valence-corrected chi connectivity index (χ0v) is 28.7. The van der Waals surface area contributed by atoms with Gasteiger partial charge in [-0.25, -0.2) is 4.79 Å². The van der Waals surface area contributed by atoms with Crippen LogP contribution in [0.15, 0.2) is 18.2 Å². The average Bonchev–Trinajstić information content (AvgIpc) is 3.32. The lowest BCUT2D eigenvalue weighted by Gasteiger charge is -2.58. The fraction of sp³-hybridized carbons (Fsp3) is 0.800. The van der Waals surface area contributed by atoms with Crippen molar-refractivity contribution in [1.29, 1.82) is 0 Å². The van der Waals surface area contributed by atoms with Crippen molar-refractivity contribution in [2.24, 2.45) is 28.6 Å². The monoisotopic (exact) mass is 704 g/mol. The van der Waals surface area contributed by atoms with Crippen LogP contribution in [0.3, 0.4) is 0 Å². The molecule has 4 fully saturated rings. The number of benzene rings is 1. The number of nitrogens with zero attached hydrogens (tertiary/aromatic N) is 2. The van der Waals surface area contributed by atoms with Crippen LogP contribution in [-0.2, 0) is 22.0 Å². The Balaban J connectivity index is 1.13. The van der Waals surface area contributed by atoms with Crippen molar-refractivity contribution in [1.82, 2.24) is 9.80 Å². The largest absolute Gasteiger partial charge is 0.453 e. The van der Waals surface area contributed by atoms with Crippen LogP contribution in [-0.4, -0.2) is 101 Å². The summed E-state index contributed by atoms with van der Waals surface area (Å²) in [6.07, 6.45) is -1.63. The van der Waals surface area contributed by atoms with Crippen molar-refractivity contribution in [2.75, 3.05) is 57.9 Å². The summed E-state index contributed by atoms with van der Waals surface area (Å²) in [5, 5.41) is 9.42. The summed E-state index contributed by atoms with van der Waals surface area (Å²) in [4.78, 5) is 17.0. The van der Waals surface area contributed by atoms with Gasteiger partial charge in [-0.2, -0.15) is 22.0 Å². The molecule has 1 aromatic carbocycles. The van der Waals surface area contributed by atoms with Gasteiger partial charge in [0.15, 0.2) is 0 Å². The van der Waals surface area contributed by atoms with Gasteiger partial charge in [-0.3, -0.25) is 4.21 Å². The van der Waals surface area contributed by atoms with Gasteiger partial charge in [0, 0.05) is 60.3 Å². The lowest BCUT2D eigenvalue weighted by molar-refractivity contribution is -0.284. The van der Waals surface area contributed by atoms with Crippen molar-refractivity contribution < 1.29 is 45.5 Å². The van der Waals surface area contributed by atoms with Crippen LogP contribution >= 0.6 is 0 Å². The summed E-state index contributed by atoms with van der Waals surface area (Å²) < 4.78 is 89.0. The normalized spacial score (nSPS) is 31.8. The fourth-order valence-electron chi connectivity index (χ4n) is 10.1. The maximum atomic E-state index is 13.3. The molecule has 7 nitrogen and oxygen atoms in total. The van der Waals surface area contributed by atoms with Gasteiger partial charge in [0.05, 0.1) is 19.3 Å². The number of carbonyl (C=O) groups excluding carboxylic acids is 1. The molecular weight excluding hydrogens is 655 g/mol. The highest BCUT2D eigenvalue weighted by Crippen LogP contribution is 2.63. The number of aliphatic hydroxyl groups excluding tert-OH is 1. The molecular formula is C35H49F5N2O5S. The Morgan fingerprint density at radius 2 is 1.79 bits per heavy atom. The molecule has 1 unspecified atom stereocenters. The molecule has 2 saturated heterocycles. The Labute approximate surface area is 282 Å². The van der Waals surface area contributed by atoms with E-state index in [9.17, 15) is 36.1 Å². The number of carbonyl (C=O) groups is 1. The Kier molecular flexibility index (Phi) is 10.3. The van der Waals surface area contributed by atoms with Gasteiger partial charge < -0.3 is 24.4 Å². The molecule has 0 aromatic heterocycles. The number of amides is 1. The van der Waals surface area contributed by atoms with E-state index >= 15 is 0 Å². The number of alkyl halides is 5. The van der Waals surface area contributed by atoms with Crippen LogP contribution in [0.4, 0.5) is 26.7 Å². The van der Waals surface area contributed by atoms with E-state index in [1.54, 1.807) is 4.90 Å². The van der Waals surface area contributed by atoms with Crippen LogP contribution < -0.4 is 4.74 Å². The number of hydrogen-bond donors (Lipinski definition) is 1. The van der Waals surface area contributed by atoms with E-state index in [1.807, 2.05) is 12.1 Å². The van der Waals surface area contributed by atoms with E-state index in [0.717, 1.165) is 57.2 Å². The summed E-state index contributed by atoms with van der Waals surface area (Å²) in [7, 11) is 0.588. The minimum atomic E-state index is -5.59. The number of hydrogen-bond acceptors (Lipinski definition) is 6. The van der Waals surface area contributed by atoms with E-state index in [4.69, 9.17) is 9.47 Å². The Bertz CT molecular complexity index is 1350. The highest BCUT2D eigenvalue weighted by atomic mass is 32.2. The molecule has 2 aliphatic heterocycles. The molecule has 3 aliphatic carbocycles. The second-order valence-corrected chi connectivity index (χ2v) is 17.2. The SMILES string of the molecule is CN1CC2(C1)CN(C(=O)Oc1ccc3c(c1)C[C@@H](CCCS(=O)CCCC(F)(F)C(F)(F)F)[C@@H]1[C@@H]3CC[C@]3(C)[C@@H](OCCO)CC[C@@H]13)C2. The van der Waals surface area contributed by atoms with Crippen molar-refractivity contribution in [3.8, 4) is 5.75 Å². The molecule has 1 aromatic rings. The third-order valence-corrected chi connectivity index (χ3v) is 13.6. The van der Waals surface area contributed by atoms with Gasteiger partial charge in [0.1, 0.15) is 5.75 Å². The maximum absolute atomic E-state index is 13.3. The van der Waals surface area contributed by atoms with E-state index in [0.29, 0.717) is 49.6 Å². The van der Waals surface area contributed by atoms with E-state index in [2.05, 4.69) is 24.9 Å². The molecule has 1 N–H and O–H groups in total.